The van der Waals surface area contributed by atoms with Crippen molar-refractivity contribution in [3.63, 3.8) is 0 Å². The van der Waals surface area contributed by atoms with Gasteiger partial charge < -0.3 is 5.32 Å². The first-order valence-corrected chi connectivity index (χ1v) is 7.82. The normalized spacial score (nSPS) is 11.1. The van der Waals surface area contributed by atoms with Gasteiger partial charge in [-0.3, -0.25) is 0 Å². The average molecular weight is 301 g/mol. The molecule has 1 N–H and O–H groups in total. The second kappa shape index (κ2) is 6.28. The van der Waals surface area contributed by atoms with Crippen molar-refractivity contribution < 1.29 is 4.39 Å². The number of hydrogen-bond acceptors (Lipinski definition) is 4. The fraction of sp³-hybridized carbons (Fsp3) is 0.250. The molecule has 0 spiro atoms. The number of rotatable bonds is 5. The van der Waals surface area contributed by atoms with E-state index in [-0.39, 0.29) is 5.82 Å². The fourth-order valence-electron chi connectivity index (χ4n) is 2.28. The number of nitrogens with zero attached hydrogens (tertiary/aromatic N) is 2. The summed E-state index contributed by atoms with van der Waals surface area (Å²) in [5.41, 5.74) is 0.944. The molecule has 0 aliphatic heterocycles. The Kier molecular flexibility index (Phi) is 4.22. The van der Waals surface area contributed by atoms with E-state index in [1.54, 1.807) is 23.5 Å². The molecule has 3 rings (SSSR count). The number of nitrogens with one attached hydrogen (secondary N) is 1. The van der Waals surface area contributed by atoms with Gasteiger partial charge in [0.15, 0.2) is 0 Å². The molecule has 0 saturated heterocycles. The Labute approximate surface area is 126 Å². The molecule has 1 heterocycles. The summed E-state index contributed by atoms with van der Waals surface area (Å²) >= 11 is 1.57. The maximum atomic E-state index is 13.9. The van der Waals surface area contributed by atoms with Gasteiger partial charge in [0.2, 0.25) is 0 Å². The van der Waals surface area contributed by atoms with E-state index < -0.39 is 0 Å². The van der Waals surface area contributed by atoms with Crippen LogP contribution in [0.4, 0.5) is 4.39 Å². The highest BCUT2D eigenvalue weighted by molar-refractivity contribution is 7.14. The Balaban J connectivity index is 1.96. The molecule has 0 amide bonds. The summed E-state index contributed by atoms with van der Waals surface area (Å²) in [5, 5.41) is 15.1. The van der Waals surface area contributed by atoms with Gasteiger partial charge in [-0.15, -0.1) is 10.2 Å². The van der Waals surface area contributed by atoms with Crippen LogP contribution in [0, 0.1) is 5.82 Å². The van der Waals surface area contributed by atoms with Crippen LogP contribution < -0.4 is 5.32 Å². The van der Waals surface area contributed by atoms with Crippen LogP contribution in [0.2, 0.25) is 0 Å². The molecule has 1 aromatic heterocycles. The van der Waals surface area contributed by atoms with Crippen LogP contribution in [0.1, 0.15) is 11.9 Å². The molecule has 21 heavy (non-hydrogen) atoms. The Morgan fingerprint density at radius 1 is 1.10 bits per heavy atom. The molecule has 0 aliphatic rings. The van der Waals surface area contributed by atoms with Crippen LogP contribution in [-0.4, -0.2) is 23.3 Å². The number of fused-ring (bicyclic) bond motifs is 1. The van der Waals surface area contributed by atoms with Gasteiger partial charge in [-0.25, -0.2) is 4.39 Å². The summed E-state index contributed by atoms with van der Waals surface area (Å²) in [6.45, 7) is 3.93. The quantitative estimate of drug-likeness (QED) is 0.731. The molecule has 0 radical (unpaired) electrons. The third kappa shape index (κ3) is 2.94. The van der Waals surface area contributed by atoms with E-state index in [1.165, 1.54) is 6.07 Å². The highest BCUT2D eigenvalue weighted by atomic mass is 32.1. The smallest absolute Gasteiger partial charge is 0.148 e. The molecular weight excluding hydrogens is 285 g/mol. The summed E-state index contributed by atoms with van der Waals surface area (Å²) in [4.78, 5) is 0. The van der Waals surface area contributed by atoms with E-state index in [0.29, 0.717) is 5.39 Å². The lowest BCUT2D eigenvalue weighted by Crippen LogP contribution is -2.15. The Hall–Kier alpha value is -1.85. The molecule has 3 nitrogen and oxygen atoms in total. The average Bonchev–Trinajstić information content (AvgIpc) is 2.97. The summed E-state index contributed by atoms with van der Waals surface area (Å²) in [6, 6.07) is 10.8. The zero-order valence-corrected chi connectivity index (χ0v) is 12.6. The number of aromatic nitrogens is 2. The minimum absolute atomic E-state index is 0.203. The maximum absolute atomic E-state index is 13.9. The summed E-state index contributed by atoms with van der Waals surface area (Å²) in [6.07, 6.45) is 0.866. The predicted octanol–water partition coefficient (Wildman–Crippen LogP) is 3.65. The molecule has 3 aromatic rings. The van der Waals surface area contributed by atoms with E-state index in [9.17, 15) is 4.39 Å². The first kappa shape index (κ1) is 14.1. The minimum atomic E-state index is -0.203. The highest BCUT2D eigenvalue weighted by Crippen LogP contribution is 2.32. The molecule has 0 unspecified atom stereocenters. The standard InChI is InChI=1S/C16H16FN3S/c1-2-18-10-9-15-19-20-16(21-15)13-7-8-14(17)12-6-4-3-5-11(12)13/h3-8,18H,2,9-10H2,1H3. The zero-order chi connectivity index (χ0) is 14.7. The largest absolute Gasteiger partial charge is 0.317 e. The lowest BCUT2D eigenvalue weighted by molar-refractivity contribution is 0.640. The Morgan fingerprint density at radius 3 is 2.71 bits per heavy atom. The SMILES string of the molecule is CCNCCc1nnc(-c2ccc(F)c3ccccc23)s1. The molecule has 0 atom stereocenters. The van der Waals surface area contributed by atoms with Gasteiger partial charge in [-0.2, -0.15) is 0 Å². The highest BCUT2D eigenvalue weighted by Gasteiger charge is 2.11. The zero-order valence-electron chi connectivity index (χ0n) is 11.8. The van der Waals surface area contributed by atoms with E-state index >= 15 is 0 Å². The topological polar surface area (TPSA) is 37.8 Å². The number of likely N-dealkylation sites (N-methyl/N-ethyl adjacent to an activating group) is 1. The lowest BCUT2D eigenvalue weighted by Gasteiger charge is -2.04. The lowest BCUT2D eigenvalue weighted by atomic mass is 10.0. The molecule has 108 valence electrons. The monoisotopic (exact) mass is 301 g/mol. The van der Waals surface area contributed by atoms with Crippen LogP contribution in [0.25, 0.3) is 21.3 Å². The fourth-order valence-corrected chi connectivity index (χ4v) is 3.16. The first-order valence-electron chi connectivity index (χ1n) is 7.00. The number of hydrogen-bond donors (Lipinski definition) is 1. The van der Waals surface area contributed by atoms with E-state index in [0.717, 1.165) is 40.5 Å². The molecule has 0 bridgehead atoms. The van der Waals surface area contributed by atoms with Crippen molar-refractivity contribution >= 4 is 22.1 Å². The van der Waals surface area contributed by atoms with Crippen molar-refractivity contribution in [3.05, 3.63) is 47.2 Å². The molecule has 5 heteroatoms. The second-order valence-electron chi connectivity index (χ2n) is 4.75. The van der Waals surface area contributed by atoms with E-state index in [2.05, 4.69) is 22.4 Å². The van der Waals surface area contributed by atoms with Gasteiger partial charge in [0.1, 0.15) is 15.8 Å². The van der Waals surface area contributed by atoms with Gasteiger partial charge >= 0.3 is 0 Å². The van der Waals surface area contributed by atoms with Crippen molar-refractivity contribution in [2.45, 2.75) is 13.3 Å². The predicted molar refractivity (Wildman–Crippen MR) is 85.1 cm³/mol. The Bertz CT molecular complexity index is 754. The third-order valence-electron chi connectivity index (χ3n) is 3.33. The van der Waals surface area contributed by atoms with Crippen molar-refractivity contribution in [1.82, 2.24) is 15.5 Å². The van der Waals surface area contributed by atoms with Crippen LogP contribution in [0.5, 0.6) is 0 Å². The van der Waals surface area contributed by atoms with Gasteiger partial charge in [-0.05, 0) is 24.1 Å². The van der Waals surface area contributed by atoms with Crippen LogP contribution in [0.3, 0.4) is 0 Å². The van der Waals surface area contributed by atoms with Crippen molar-refractivity contribution in [3.8, 4) is 10.6 Å². The number of benzene rings is 2. The van der Waals surface area contributed by atoms with Crippen LogP contribution >= 0.6 is 11.3 Å². The third-order valence-corrected chi connectivity index (χ3v) is 4.35. The Morgan fingerprint density at radius 2 is 1.90 bits per heavy atom. The van der Waals surface area contributed by atoms with Gasteiger partial charge in [-0.1, -0.05) is 42.5 Å². The molecule has 0 saturated carbocycles. The first-order chi connectivity index (χ1) is 10.3. The minimum Gasteiger partial charge on any atom is -0.317 e. The van der Waals surface area contributed by atoms with Crippen LogP contribution in [-0.2, 0) is 6.42 Å². The molecule has 0 aliphatic carbocycles. The van der Waals surface area contributed by atoms with E-state index in [4.69, 9.17) is 0 Å². The van der Waals surface area contributed by atoms with Gasteiger partial charge in [0.25, 0.3) is 0 Å². The van der Waals surface area contributed by atoms with Crippen LogP contribution in [0.15, 0.2) is 36.4 Å². The molecular formula is C16H16FN3S. The van der Waals surface area contributed by atoms with Gasteiger partial charge in [0.05, 0.1) is 0 Å². The second-order valence-corrected chi connectivity index (χ2v) is 5.81. The molecule has 2 aromatic carbocycles. The van der Waals surface area contributed by atoms with Crippen molar-refractivity contribution in [1.29, 1.82) is 0 Å². The maximum Gasteiger partial charge on any atom is 0.148 e. The van der Waals surface area contributed by atoms with Crippen molar-refractivity contribution in [2.24, 2.45) is 0 Å². The summed E-state index contributed by atoms with van der Waals surface area (Å²) in [7, 11) is 0. The molecule has 0 fully saturated rings. The van der Waals surface area contributed by atoms with Crippen molar-refractivity contribution in [2.75, 3.05) is 13.1 Å². The number of halogens is 1. The van der Waals surface area contributed by atoms with E-state index in [1.807, 2.05) is 18.2 Å². The summed E-state index contributed by atoms with van der Waals surface area (Å²) < 4.78 is 13.9. The van der Waals surface area contributed by atoms with Gasteiger partial charge in [0, 0.05) is 23.9 Å². The summed E-state index contributed by atoms with van der Waals surface area (Å²) in [5.74, 6) is -0.203.